The standard InChI is InChI=1S/C14H29NOS/c1-3-14(15,11-16)8-5-9-17-13-7-4-6-12(2)10-13/h12-13,16H,3-11,15H2,1-2H3. The molecule has 0 bridgehead atoms. The van der Waals surface area contributed by atoms with Crippen LogP contribution in [0.2, 0.25) is 0 Å². The average Bonchev–Trinajstić information content (AvgIpc) is 2.34. The Kier molecular flexibility index (Phi) is 6.90. The second-order valence-electron chi connectivity index (χ2n) is 5.74. The summed E-state index contributed by atoms with van der Waals surface area (Å²) >= 11 is 2.13. The zero-order valence-corrected chi connectivity index (χ0v) is 12.3. The van der Waals surface area contributed by atoms with E-state index >= 15 is 0 Å². The van der Waals surface area contributed by atoms with Crippen molar-refractivity contribution in [2.75, 3.05) is 12.4 Å². The van der Waals surface area contributed by atoms with Gasteiger partial charge >= 0.3 is 0 Å². The first-order chi connectivity index (χ1) is 8.09. The fraction of sp³-hybridized carbons (Fsp3) is 1.00. The van der Waals surface area contributed by atoms with Crippen molar-refractivity contribution in [3.05, 3.63) is 0 Å². The van der Waals surface area contributed by atoms with E-state index in [-0.39, 0.29) is 12.1 Å². The molecule has 0 aliphatic heterocycles. The fourth-order valence-electron chi connectivity index (χ4n) is 2.57. The number of aliphatic hydroxyl groups is 1. The van der Waals surface area contributed by atoms with Crippen molar-refractivity contribution >= 4 is 11.8 Å². The molecule has 1 aliphatic carbocycles. The number of rotatable bonds is 7. The monoisotopic (exact) mass is 259 g/mol. The third kappa shape index (κ3) is 5.62. The third-order valence-corrected chi connectivity index (χ3v) is 5.50. The lowest BCUT2D eigenvalue weighted by Gasteiger charge is -2.28. The Balaban J connectivity index is 2.11. The molecular formula is C14H29NOS. The highest BCUT2D eigenvalue weighted by Crippen LogP contribution is 2.32. The first-order valence-electron chi connectivity index (χ1n) is 7.11. The topological polar surface area (TPSA) is 46.2 Å². The van der Waals surface area contributed by atoms with Gasteiger partial charge in [0.15, 0.2) is 0 Å². The van der Waals surface area contributed by atoms with Crippen molar-refractivity contribution in [3.8, 4) is 0 Å². The highest BCUT2D eigenvalue weighted by atomic mass is 32.2. The lowest BCUT2D eigenvalue weighted by Crippen LogP contribution is -2.43. The molecule has 0 radical (unpaired) electrons. The first-order valence-corrected chi connectivity index (χ1v) is 8.16. The predicted molar refractivity (Wildman–Crippen MR) is 77.4 cm³/mol. The van der Waals surface area contributed by atoms with Gasteiger partial charge in [0.25, 0.3) is 0 Å². The maximum Gasteiger partial charge on any atom is 0.0611 e. The lowest BCUT2D eigenvalue weighted by molar-refractivity contribution is 0.182. The summed E-state index contributed by atoms with van der Waals surface area (Å²) in [5, 5.41) is 10.1. The summed E-state index contributed by atoms with van der Waals surface area (Å²) in [6.07, 6.45) is 8.59. The van der Waals surface area contributed by atoms with Crippen LogP contribution in [0.15, 0.2) is 0 Å². The molecule has 3 N–H and O–H groups in total. The normalized spacial score (nSPS) is 28.9. The largest absolute Gasteiger partial charge is 0.394 e. The molecule has 3 heteroatoms. The molecule has 2 nitrogen and oxygen atoms in total. The zero-order valence-electron chi connectivity index (χ0n) is 11.5. The Bertz CT molecular complexity index is 206. The molecule has 1 rings (SSSR count). The van der Waals surface area contributed by atoms with Crippen LogP contribution in [0.3, 0.4) is 0 Å². The van der Waals surface area contributed by atoms with E-state index in [1.54, 1.807) is 0 Å². The first kappa shape index (κ1) is 15.3. The molecular weight excluding hydrogens is 230 g/mol. The van der Waals surface area contributed by atoms with E-state index in [4.69, 9.17) is 5.73 Å². The van der Waals surface area contributed by atoms with Gasteiger partial charge in [0.1, 0.15) is 0 Å². The van der Waals surface area contributed by atoms with Gasteiger partial charge in [-0.1, -0.05) is 26.7 Å². The van der Waals surface area contributed by atoms with E-state index < -0.39 is 0 Å². The maximum atomic E-state index is 9.24. The molecule has 0 aromatic rings. The molecule has 0 aromatic heterocycles. The minimum Gasteiger partial charge on any atom is -0.394 e. The van der Waals surface area contributed by atoms with Crippen LogP contribution in [0.1, 0.15) is 58.8 Å². The van der Waals surface area contributed by atoms with Crippen LogP contribution in [0.25, 0.3) is 0 Å². The molecule has 1 fully saturated rings. The van der Waals surface area contributed by atoms with Gasteiger partial charge in [-0.2, -0.15) is 11.8 Å². The fourth-order valence-corrected chi connectivity index (χ4v) is 4.01. The Morgan fingerprint density at radius 2 is 2.18 bits per heavy atom. The van der Waals surface area contributed by atoms with Gasteiger partial charge in [-0.3, -0.25) is 0 Å². The predicted octanol–water partition coefficient (Wildman–Crippen LogP) is 3.18. The second-order valence-corrected chi connectivity index (χ2v) is 7.15. The van der Waals surface area contributed by atoms with Crippen molar-refractivity contribution in [2.45, 2.75) is 69.6 Å². The van der Waals surface area contributed by atoms with Gasteiger partial charge < -0.3 is 10.8 Å². The Morgan fingerprint density at radius 3 is 2.76 bits per heavy atom. The van der Waals surface area contributed by atoms with E-state index in [0.29, 0.717) is 0 Å². The highest BCUT2D eigenvalue weighted by molar-refractivity contribution is 7.99. The summed E-state index contributed by atoms with van der Waals surface area (Å²) in [6.45, 7) is 4.56. The molecule has 0 spiro atoms. The van der Waals surface area contributed by atoms with Crippen molar-refractivity contribution in [1.82, 2.24) is 0 Å². The Morgan fingerprint density at radius 1 is 1.41 bits per heavy atom. The van der Waals surface area contributed by atoms with Gasteiger partial charge in [0, 0.05) is 10.8 Å². The summed E-state index contributed by atoms with van der Waals surface area (Å²) in [7, 11) is 0. The summed E-state index contributed by atoms with van der Waals surface area (Å²) in [5.41, 5.74) is 5.75. The van der Waals surface area contributed by atoms with E-state index in [2.05, 4.69) is 25.6 Å². The van der Waals surface area contributed by atoms with Crippen LogP contribution in [-0.4, -0.2) is 28.3 Å². The molecule has 0 aromatic carbocycles. The molecule has 3 unspecified atom stereocenters. The van der Waals surface area contributed by atoms with E-state index in [0.717, 1.165) is 30.4 Å². The van der Waals surface area contributed by atoms with Crippen LogP contribution in [0, 0.1) is 5.92 Å². The van der Waals surface area contributed by atoms with Crippen molar-refractivity contribution < 1.29 is 5.11 Å². The molecule has 102 valence electrons. The van der Waals surface area contributed by atoms with Crippen LogP contribution in [0.5, 0.6) is 0 Å². The molecule has 17 heavy (non-hydrogen) atoms. The van der Waals surface area contributed by atoms with Gasteiger partial charge in [0.2, 0.25) is 0 Å². The van der Waals surface area contributed by atoms with Gasteiger partial charge in [-0.05, 0) is 43.8 Å². The van der Waals surface area contributed by atoms with Crippen molar-refractivity contribution in [2.24, 2.45) is 11.7 Å². The molecule has 0 heterocycles. The SMILES string of the molecule is CCC(N)(CO)CCCSC1CCCC(C)C1. The molecule has 1 saturated carbocycles. The third-order valence-electron chi connectivity index (χ3n) is 4.08. The van der Waals surface area contributed by atoms with Gasteiger partial charge in [-0.15, -0.1) is 0 Å². The Hall–Kier alpha value is 0.270. The summed E-state index contributed by atoms with van der Waals surface area (Å²) in [5.74, 6) is 2.12. The van der Waals surface area contributed by atoms with Crippen LogP contribution >= 0.6 is 11.8 Å². The minimum absolute atomic E-state index is 0.120. The second kappa shape index (κ2) is 7.65. The van der Waals surface area contributed by atoms with E-state index in [1.165, 1.54) is 31.4 Å². The smallest absolute Gasteiger partial charge is 0.0611 e. The van der Waals surface area contributed by atoms with Crippen LogP contribution in [0.4, 0.5) is 0 Å². The van der Waals surface area contributed by atoms with E-state index in [1.807, 2.05) is 0 Å². The van der Waals surface area contributed by atoms with Crippen molar-refractivity contribution in [3.63, 3.8) is 0 Å². The van der Waals surface area contributed by atoms with Crippen LogP contribution < -0.4 is 5.73 Å². The number of nitrogens with two attached hydrogens (primary N) is 1. The number of aliphatic hydroxyl groups excluding tert-OH is 1. The number of hydrogen-bond acceptors (Lipinski definition) is 3. The number of hydrogen-bond donors (Lipinski definition) is 2. The average molecular weight is 259 g/mol. The molecule has 0 saturated heterocycles. The van der Waals surface area contributed by atoms with Crippen molar-refractivity contribution in [1.29, 1.82) is 0 Å². The minimum atomic E-state index is -0.333. The summed E-state index contributed by atoms with van der Waals surface area (Å²) in [4.78, 5) is 0. The number of thioether (sulfide) groups is 1. The maximum absolute atomic E-state index is 9.24. The molecule has 0 amide bonds. The summed E-state index contributed by atoms with van der Waals surface area (Å²) < 4.78 is 0. The molecule has 1 aliphatic rings. The Labute approximate surface area is 111 Å². The quantitative estimate of drug-likeness (QED) is 0.690. The van der Waals surface area contributed by atoms with Gasteiger partial charge in [-0.25, -0.2) is 0 Å². The molecule has 3 atom stereocenters. The van der Waals surface area contributed by atoms with Gasteiger partial charge in [0.05, 0.1) is 6.61 Å². The van der Waals surface area contributed by atoms with Crippen LogP contribution in [-0.2, 0) is 0 Å². The summed E-state index contributed by atoms with van der Waals surface area (Å²) in [6, 6.07) is 0. The van der Waals surface area contributed by atoms with E-state index in [9.17, 15) is 5.11 Å². The zero-order chi connectivity index (χ0) is 12.7. The highest BCUT2D eigenvalue weighted by Gasteiger charge is 2.22. The lowest BCUT2D eigenvalue weighted by atomic mass is 9.91.